The molecule has 0 fully saturated rings. The number of ether oxygens (including phenoxy) is 1. The first-order valence-corrected chi connectivity index (χ1v) is 7.82. The highest BCUT2D eigenvalue weighted by Crippen LogP contribution is 2.22. The first-order chi connectivity index (χ1) is 10.7. The lowest BCUT2D eigenvalue weighted by Gasteiger charge is -2.16. The van der Waals surface area contributed by atoms with Crippen molar-refractivity contribution in [3.05, 3.63) is 34.9 Å². The summed E-state index contributed by atoms with van der Waals surface area (Å²) in [6.45, 7) is 0.929. The fraction of sp³-hybridized carbons (Fsp3) is 0.529. The van der Waals surface area contributed by atoms with Crippen molar-refractivity contribution in [2.75, 3.05) is 26.8 Å². The summed E-state index contributed by atoms with van der Waals surface area (Å²) in [7, 11) is 1.58. The predicted molar refractivity (Wildman–Crippen MR) is 84.7 cm³/mol. The van der Waals surface area contributed by atoms with Gasteiger partial charge in [-0.15, -0.1) is 0 Å². The van der Waals surface area contributed by atoms with Crippen molar-refractivity contribution in [3.8, 4) is 0 Å². The molecule has 2 rings (SSSR count). The molecule has 0 atom stereocenters. The van der Waals surface area contributed by atoms with E-state index < -0.39 is 0 Å². The molecule has 0 saturated heterocycles. The molecule has 5 heteroatoms. The van der Waals surface area contributed by atoms with Crippen LogP contribution < -0.4 is 10.6 Å². The van der Waals surface area contributed by atoms with Crippen molar-refractivity contribution < 1.29 is 14.3 Å². The second-order valence-electron chi connectivity index (χ2n) is 5.61. The van der Waals surface area contributed by atoms with Crippen LogP contribution in [0.15, 0.2) is 18.2 Å². The van der Waals surface area contributed by atoms with Gasteiger partial charge in [0.1, 0.15) is 0 Å². The highest BCUT2D eigenvalue weighted by molar-refractivity contribution is 5.85. The minimum absolute atomic E-state index is 0.00743. The quantitative estimate of drug-likeness (QED) is 0.738. The van der Waals surface area contributed by atoms with Crippen molar-refractivity contribution in [3.63, 3.8) is 0 Å². The zero-order valence-electron chi connectivity index (χ0n) is 13.1. The van der Waals surface area contributed by atoms with Gasteiger partial charge in [-0.05, 0) is 42.4 Å². The van der Waals surface area contributed by atoms with Gasteiger partial charge < -0.3 is 15.4 Å². The lowest BCUT2D eigenvalue weighted by molar-refractivity contribution is -0.125. The number of benzene rings is 1. The van der Waals surface area contributed by atoms with Crippen molar-refractivity contribution in [1.82, 2.24) is 10.6 Å². The zero-order valence-corrected chi connectivity index (χ0v) is 13.1. The Balaban J connectivity index is 1.76. The van der Waals surface area contributed by atoms with E-state index in [1.54, 1.807) is 7.11 Å². The van der Waals surface area contributed by atoms with E-state index in [1.165, 1.54) is 24.0 Å². The lowest BCUT2D eigenvalue weighted by Crippen LogP contribution is -2.38. The molecule has 2 amide bonds. The molecule has 0 unspecified atom stereocenters. The zero-order chi connectivity index (χ0) is 15.8. The Morgan fingerprint density at radius 3 is 2.64 bits per heavy atom. The Bertz CT molecular complexity index is 529. The number of carbonyl (C=O) groups is 2. The highest BCUT2D eigenvalue weighted by atomic mass is 16.5. The lowest BCUT2D eigenvalue weighted by atomic mass is 9.90. The SMILES string of the molecule is COCCNC(=O)CNC(=O)Cc1ccc2c(c1)CCCC2. The number of hydrogen-bond donors (Lipinski definition) is 2. The van der Waals surface area contributed by atoms with Crippen molar-refractivity contribution >= 4 is 11.8 Å². The fourth-order valence-electron chi connectivity index (χ4n) is 2.68. The summed E-state index contributed by atoms with van der Waals surface area (Å²) in [5.74, 6) is -0.325. The van der Waals surface area contributed by atoms with Crippen LogP contribution in [0.4, 0.5) is 0 Å². The molecule has 1 aliphatic carbocycles. The largest absolute Gasteiger partial charge is 0.383 e. The summed E-state index contributed by atoms with van der Waals surface area (Å²) in [6, 6.07) is 6.28. The van der Waals surface area contributed by atoms with E-state index >= 15 is 0 Å². The van der Waals surface area contributed by atoms with E-state index in [0.29, 0.717) is 19.6 Å². The van der Waals surface area contributed by atoms with Crippen LogP contribution in [0.1, 0.15) is 29.5 Å². The van der Waals surface area contributed by atoms with Gasteiger partial charge in [-0.2, -0.15) is 0 Å². The van der Waals surface area contributed by atoms with E-state index in [4.69, 9.17) is 4.74 Å². The number of amides is 2. The molecule has 1 aromatic rings. The van der Waals surface area contributed by atoms with Gasteiger partial charge in [-0.3, -0.25) is 9.59 Å². The molecule has 0 heterocycles. The maximum Gasteiger partial charge on any atom is 0.239 e. The van der Waals surface area contributed by atoms with Crippen molar-refractivity contribution in [2.24, 2.45) is 0 Å². The fourth-order valence-corrected chi connectivity index (χ4v) is 2.68. The third-order valence-corrected chi connectivity index (χ3v) is 3.85. The maximum absolute atomic E-state index is 11.9. The number of rotatable bonds is 7. The summed E-state index contributed by atoms with van der Waals surface area (Å²) >= 11 is 0. The molecule has 2 N–H and O–H groups in total. The Hall–Kier alpha value is -1.88. The molecule has 5 nitrogen and oxygen atoms in total. The molecule has 0 saturated carbocycles. The van der Waals surface area contributed by atoms with Gasteiger partial charge in [0.25, 0.3) is 0 Å². The Morgan fingerprint density at radius 1 is 1.09 bits per heavy atom. The second kappa shape index (κ2) is 8.54. The van der Waals surface area contributed by atoms with Crippen molar-refractivity contribution in [1.29, 1.82) is 0 Å². The Morgan fingerprint density at radius 2 is 1.86 bits per heavy atom. The van der Waals surface area contributed by atoms with Gasteiger partial charge in [0.2, 0.25) is 11.8 Å². The topological polar surface area (TPSA) is 67.4 Å². The van der Waals surface area contributed by atoms with E-state index in [-0.39, 0.29) is 18.4 Å². The van der Waals surface area contributed by atoms with Crippen LogP contribution in [0.3, 0.4) is 0 Å². The number of nitrogens with one attached hydrogen (secondary N) is 2. The summed E-state index contributed by atoms with van der Waals surface area (Å²) in [5, 5.41) is 5.31. The number of methoxy groups -OCH3 is 1. The number of fused-ring (bicyclic) bond motifs is 1. The van der Waals surface area contributed by atoms with Gasteiger partial charge >= 0.3 is 0 Å². The minimum Gasteiger partial charge on any atom is -0.383 e. The molecular weight excluding hydrogens is 280 g/mol. The van der Waals surface area contributed by atoms with E-state index in [2.05, 4.69) is 22.8 Å². The molecule has 0 aromatic heterocycles. The van der Waals surface area contributed by atoms with Gasteiger partial charge in [0, 0.05) is 13.7 Å². The first kappa shape index (κ1) is 16.5. The van der Waals surface area contributed by atoms with E-state index in [0.717, 1.165) is 18.4 Å². The van der Waals surface area contributed by atoms with Gasteiger partial charge in [0.15, 0.2) is 0 Å². The average Bonchev–Trinajstić information content (AvgIpc) is 2.53. The average molecular weight is 304 g/mol. The van der Waals surface area contributed by atoms with Crippen LogP contribution in [-0.4, -0.2) is 38.6 Å². The predicted octanol–water partition coefficient (Wildman–Crippen LogP) is 0.987. The molecule has 0 bridgehead atoms. The number of aryl methyl sites for hydroxylation is 2. The molecule has 1 aliphatic rings. The van der Waals surface area contributed by atoms with Crippen LogP contribution >= 0.6 is 0 Å². The van der Waals surface area contributed by atoms with Gasteiger partial charge in [0.05, 0.1) is 19.6 Å². The summed E-state index contributed by atoms with van der Waals surface area (Å²) < 4.78 is 4.84. The van der Waals surface area contributed by atoms with Crippen molar-refractivity contribution in [2.45, 2.75) is 32.1 Å². The maximum atomic E-state index is 11.9. The van der Waals surface area contributed by atoms with Crippen LogP contribution in [0, 0.1) is 0 Å². The summed E-state index contributed by atoms with van der Waals surface area (Å²) in [5.41, 5.74) is 3.79. The Labute approximate surface area is 131 Å². The van der Waals surface area contributed by atoms with Gasteiger partial charge in [-0.25, -0.2) is 0 Å². The van der Waals surface area contributed by atoms with Crippen LogP contribution in [0.25, 0.3) is 0 Å². The third-order valence-electron chi connectivity index (χ3n) is 3.85. The third kappa shape index (κ3) is 5.15. The normalized spacial score (nSPS) is 13.3. The monoisotopic (exact) mass is 304 g/mol. The summed E-state index contributed by atoms with van der Waals surface area (Å²) in [6.07, 6.45) is 5.05. The number of hydrogen-bond acceptors (Lipinski definition) is 3. The Kier molecular flexibility index (Phi) is 6.40. The van der Waals surface area contributed by atoms with Crippen LogP contribution in [-0.2, 0) is 33.6 Å². The molecule has 22 heavy (non-hydrogen) atoms. The standard InChI is InChI=1S/C17H24N2O3/c1-22-9-8-18-17(21)12-19-16(20)11-13-6-7-14-4-2-3-5-15(14)10-13/h6-7,10H,2-5,8-9,11-12H2,1H3,(H,18,21)(H,19,20). The van der Waals surface area contributed by atoms with Crippen LogP contribution in [0.5, 0.6) is 0 Å². The van der Waals surface area contributed by atoms with Crippen LogP contribution in [0.2, 0.25) is 0 Å². The molecule has 0 radical (unpaired) electrons. The molecule has 0 aliphatic heterocycles. The second-order valence-corrected chi connectivity index (χ2v) is 5.61. The highest BCUT2D eigenvalue weighted by Gasteiger charge is 2.11. The molecule has 0 spiro atoms. The molecule has 120 valence electrons. The molecular formula is C17H24N2O3. The van der Waals surface area contributed by atoms with Gasteiger partial charge in [-0.1, -0.05) is 18.2 Å². The molecule has 1 aromatic carbocycles. The van der Waals surface area contributed by atoms with E-state index in [9.17, 15) is 9.59 Å². The minimum atomic E-state index is -0.198. The van der Waals surface area contributed by atoms with E-state index in [1.807, 2.05) is 6.07 Å². The number of carbonyl (C=O) groups excluding carboxylic acids is 2. The first-order valence-electron chi connectivity index (χ1n) is 7.82. The summed E-state index contributed by atoms with van der Waals surface area (Å²) in [4.78, 5) is 23.4. The smallest absolute Gasteiger partial charge is 0.239 e.